The van der Waals surface area contributed by atoms with Crippen molar-refractivity contribution in [2.45, 2.75) is 26.3 Å². The van der Waals surface area contributed by atoms with Crippen molar-refractivity contribution in [3.05, 3.63) is 70.3 Å². The fraction of sp³-hybridized carbons (Fsp3) is 0.294. The lowest BCUT2D eigenvalue weighted by Crippen LogP contribution is -2.19. The highest BCUT2D eigenvalue weighted by Crippen LogP contribution is 2.21. The first-order valence-electron chi connectivity index (χ1n) is 6.68. The van der Waals surface area contributed by atoms with Gasteiger partial charge in [-0.15, -0.1) is 0 Å². The molecule has 20 heavy (non-hydrogen) atoms. The molecule has 106 valence electrons. The van der Waals surface area contributed by atoms with Crippen LogP contribution < -0.4 is 5.32 Å². The van der Waals surface area contributed by atoms with E-state index in [1.807, 2.05) is 20.9 Å². The Labute approximate surface area is 118 Å². The van der Waals surface area contributed by atoms with Crippen LogP contribution in [0.5, 0.6) is 0 Å². The number of aryl methyl sites for hydroxylation is 2. The molecule has 1 nitrogen and oxygen atoms in total. The third-order valence-corrected chi connectivity index (χ3v) is 3.36. The Balaban J connectivity index is 2.28. The van der Waals surface area contributed by atoms with Crippen molar-refractivity contribution in [1.29, 1.82) is 0 Å². The summed E-state index contributed by atoms with van der Waals surface area (Å²) in [5, 5.41) is 3.22. The molecule has 1 unspecified atom stereocenters. The molecule has 0 amide bonds. The van der Waals surface area contributed by atoms with Crippen LogP contribution in [-0.2, 0) is 6.42 Å². The van der Waals surface area contributed by atoms with E-state index in [4.69, 9.17) is 0 Å². The summed E-state index contributed by atoms with van der Waals surface area (Å²) in [7, 11) is 1.86. The Morgan fingerprint density at radius 3 is 1.95 bits per heavy atom. The van der Waals surface area contributed by atoms with Crippen LogP contribution in [0.1, 0.15) is 28.3 Å². The van der Waals surface area contributed by atoms with Crippen molar-refractivity contribution in [3.63, 3.8) is 0 Å². The third kappa shape index (κ3) is 3.64. The van der Waals surface area contributed by atoms with E-state index in [0.29, 0.717) is 12.0 Å². The predicted octanol–water partition coefficient (Wildman–Crippen LogP) is 4.08. The van der Waals surface area contributed by atoms with Gasteiger partial charge >= 0.3 is 0 Å². The van der Waals surface area contributed by atoms with Gasteiger partial charge in [0.05, 0.1) is 0 Å². The molecule has 2 aromatic rings. The number of likely N-dealkylation sites (N-methyl/N-ethyl adjacent to an activating group) is 1. The van der Waals surface area contributed by atoms with E-state index in [9.17, 15) is 8.78 Å². The summed E-state index contributed by atoms with van der Waals surface area (Å²) >= 11 is 0. The van der Waals surface area contributed by atoms with E-state index < -0.39 is 11.6 Å². The highest BCUT2D eigenvalue weighted by atomic mass is 19.1. The lowest BCUT2D eigenvalue weighted by atomic mass is 9.96. The molecule has 0 fully saturated rings. The van der Waals surface area contributed by atoms with Crippen molar-refractivity contribution < 1.29 is 8.78 Å². The molecule has 0 aliphatic heterocycles. The van der Waals surface area contributed by atoms with Crippen LogP contribution in [0.25, 0.3) is 0 Å². The zero-order valence-electron chi connectivity index (χ0n) is 12.0. The third-order valence-electron chi connectivity index (χ3n) is 3.36. The van der Waals surface area contributed by atoms with Crippen LogP contribution in [0.3, 0.4) is 0 Å². The smallest absolute Gasteiger partial charge is 0.126 e. The summed E-state index contributed by atoms with van der Waals surface area (Å²) < 4.78 is 26.5. The molecule has 0 radical (unpaired) electrons. The van der Waals surface area contributed by atoms with Crippen molar-refractivity contribution in [1.82, 2.24) is 5.32 Å². The maximum absolute atomic E-state index is 13.3. The average Bonchev–Trinajstić information content (AvgIpc) is 2.33. The lowest BCUT2D eigenvalue weighted by Gasteiger charge is -2.18. The Morgan fingerprint density at radius 1 is 0.900 bits per heavy atom. The van der Waals surface area contributed by atoms with E-state index >= 15 is 0 Å². The molecule has 1 atom stereocenters. The van der Waals surface area contributed by atoms with Gasteiger partial charge in [-0.3, -0.25) is 0 Å². The van der Waals surface area contributed by atoms with Gasteiger partial charge < -0.3 is 5.32 Å². The summed E-state index contributed by atoms with van der Waals surface area (Å²) in [6.07, 6.45) is 0.550. The zero-order valence-corrected chi connectivity index (χ0v) is 12.0. The summed E-state index contributed by atoms with van der Waals surface area (Å²) in [5.74, 6) is -1.06. The molecule has 0 saturated heterocycles. The quantitative estimate of drug-likeness (QED) is 0.886. The zero-order chi connectivity index (χ0) is 14.7. The monoisotopic (exact) mass is 275 g/mol. The van der Waals surface area contributed by atoms with Crippen LogP contribution in [0.2, 0.25) is 0 Å². The largest absolute Gasteiger partial charge is 0.313 e. The van der Waals surface area contributed by atoms with Gasteiger partial charge in [-0.2, -0.15) is 0 Å². The van der Waals surface area contributed by atoms with E-state index in [2.05, 4.69) is 23.5 Å². The minimum absolute atomic E-state index is 0.0369. The Morgan fingerprint density at radius 2 is 1.45 bits per heavy atom. The van der Waals surface area contributed by atoms with Gasteiger partial charge in [-0.25, -0.2) is 8.78 Å². The molecule has 0 aromatic heterocycles. The van der Waals surface area contributed by atoms with Gasteiger partial charge in [0, 0.05) is 12.1 Å². The highest BCUT2D eigenvalue weighted by Gasteiger charge is 2.12. The standard InChI is InChI=1S/C17H19F2N/c1-11-4-12(2)6-14(5-11)17(20-3)9-13-7-15(18)10-16(19)8-13/h4-8,10,17,20H,9H2,1-3H3. The fourth-order valence-electron chi connectivity index (χ4n) is 2.56. The van der Waals surface area contributed by atoms with Gasteiger partial charge in [0.2, 0.25) is 0 Å². The predicted molar refractivity (Wildman–Crippen MR) is 77.8 cm³/mol. The second-order valence-corrected chi connectivity index (χ2v) is 5.24. The molecular weight excluding hydrogens is 256 g/mol. The first-order chi connectivity index (χ1) is 9.47. The van der Waals surface area contributed by atoms with Gasteiger partial charge in [0.15, 0.2) is 0 Å². The molecule has 0 bridgehead atoms. The van der Waals surface area contributed by atoms with Gasteiger partial charge in [-0.1, -0.05) is 29.3 Å². The van der Waals surface area contributed by atoms with Crippen LogP contribution >= 0.6 is 0 Å². The normalized spacial score (nSPS) is 12.4. The summed E-state index contributed by atoms with van der Waals surface area (Å²) in [6, 6.07) is 10.0. The first kappa shape index (κ1) is 14.7. The van der Waals surface area contributed by atoms with E-state index in [-0.39, 0.29) is 6.04 Å². The van der Waals surface area contributed by atoms with Crippen molar-refractivity contribution in [2.75, 3.05) is 7.05 Å². The summed E-state index contributed by atoms with van der Waals surface area (Å²) in [5.41, 5.74) is 4.16. The maximum atomic E-state index is 13.3. The molecule has 0 spiro atoms. The van der Waals surface area contributed by atoms with Gasteiger partial charge in [0.25, 0.3) is 0 Å². The second kappa shape index (κ2) is 6.14. The molecule has 0 aliphatic rings. The number of nitrogens with one attached hydrogen (secondary N) is 1. The van der Waals surface area contributed by atoms with Crippen LogP contribution in [0.15, 0.2) is 36.4 Å². The van der Waals surface area contributed by atoms with Crippen molar-refractivity contribution >= 4 is 0 Å². The lowest BCUT2D eigenvalue weighted by molar-refractivity contribution is 0.562. The average molecular weight is 275 g/mol. The van der Waals surface area contributed by atoms with Gasteiger partial charge in [0.1, 0.15) is 11.6 Å². The van der Waals surface area contributed by atoms with Crippen molar-refractivity contribution in [3.8, 4) is 0 Å². The molecular formula is C17H19F2N. The molecule has 2 aromatic carbocycles. The number of rotatable bonds is 4. The maximum Gasteiger partial charge on any atom is 0.126 e. The van der Waals surface area contributed by atoms with Crippen molar-refractivity contribution in [2.24, 2.45) is 0 Å². The van der Waals surface area contributed by atoms with Crippen LogP contribution in [0, 0.1) is 25.5 Å². The summed E-state index contributed by atoms with van der Waals surface area (Å²) in [4.78, 5) is 0. The first-order valence-corrected chi connectivity index (χ1v) is 6.68. The Hall–Kier alpha value is -1.74. The van der Waals surface area contributed by atoms with E-state index in [1.54, 1.807) is 0 Å². The Bertz CT molecular complexity index is 567. The molecule has 2 rings (SSSR count). The Kier molecular flexibility index (Phi) is 4.50. The molecule has 1 N–H and O–H groups in total. The van der Waals surface area contributed by atoms with Crippen LogP contribution in [0.4, 0.5) is 8.78 Å². The molecule has 3 heteroatoms. The highest BCUT2D eigenvalue weighted by molar-refractivity contribution is 5.32. The minimum atomic E-state index is -0.532. The fourth-order valence-corrected chi connectivity index (χ4v) is 2.56. The number of halogens is 2. The molecule has 0 aliphatic carbocycles. The number of hydrogen-bond donors (Lipinski definition) is 1. The number of benzene rings is 2. The minimum Gasteiger partial charge on any atom is -0.313 e. The van der Waals surface area contributed by atoms with E-state index in [0.717, 1.165) is 11.6 Å². The van der Waals surface area contributed by atoms with Gasteiger partial charge in [-0.05, 0) is 50.6 Å². The topological polar surface area (TPSA) is 12.0 Å². The molecule has 0 heterocycles. The summed E-state index contributed by atoms with van der Waals surface area (Å²) in [6.45, 7) is 4.09. The second-order valence-electron chi connectivity index (χ2n) is 5.24. The molecule has 0 saturated carbocycles. The van der Waals surface area contributed by atoms with Crippen LogP contribution in [-0.4, -0.2) is 7.05 Å². The van der Waals surface area contributed by atoms with E-state index in [1.165, 1.54) is 23.3 Å². The SMILES string of the molecule is CNC(Cc1cc(F)cc(F)c1)c1cc(C)cc(C)c1. The number of hydrogen-bond acceptors (Lipinski definition) is 1.